The summed E-state index contributed by atoms with van der Waals surface area (Å²) in [6, 6.07) is 8.04. The Bertz CT molecular complexity index is 552. The molecule has 1 amide bonds. The lowest BCUT2D eigenvalue weighted by Gasteiger charge is -2.54. The lowest BCUT2D eigenvalue weighted by atomic mass is 9.54. The molecule has 0 heterocycles. The molecule has 0 unspecified atom stereocenters. The molecular weight excluding hydrogens is 298 g/mol. The van der Waals surface area contributed by atoms with Crippen LogP contribution in [0.4, 0.5) is 0 Å². The van der Waals surface area contributed by atoms with Gasteiger partial charge in [-0.05, 0) is 86.5 Å². The monoisotopic (exact) mass is 327 g/mol. The summed E-state index contributed by atoms with van der Waals surface area (Å²) in [7, 11) is 0. The van der Waals surface area contributed by atoms with E-state index in [-0.39, 0.29) is 5.91 Å². The zero-order chi connectivity index (χ0) is 16.5. The van der Waals surface area contributed by atoms with Crippen LogP contribution in [0.1, 0.15) is 62.2 Å². The highest BCUT2D eigenvalue weighted by atomic mass is 16.5. The van der Waals surface area contributed by atoms with Crippen molar-refractivity contribution in [3.05, 3.63) is 29.8 Å². The zero-order valence-corrected chi connectivity index (χ0v) is 14.7. The molecule has 3 nitrogen and oxygen atoms in total. The molecule has 4 saturated carbocycles. The second-order valence-electron chi connectivity index (χ2n) is 8.16. The molecule has 3 heteroatoms. The molecule has 1 aromatic rings. The fraction of sp³-hybridized carbons (Fsp3) is 0.667. The molecule has 0 aromatic heterocycles. The topological polar surface area (TPSA) is 38.3 Å². The number of unbranched alkanes of at least 4 members (excludes halogenated alkanes) is 1. The van der Waals surface area contributed by atoms with Gasteiger partial charge in [0.1, 0.15) is 5.75 Å². The second kappa shape index (κ2) is 6.78. The van der Waals surface area contributed by atoms with E-state index in [0.717, 1.165) is 54.4 Å². The molecule has 4 bridgehead atoms. The van der Waals surface area contributed by atoms with Crippen molar-refractivity contribution < 1.29 is 9.53 Å². The van der Waals surface area contributed by atoms with Crippen molar-refractivity contribution in [2.45, 2.75) is 57.9 Å². The number of ether oxygens (including phenoxy) is 1. The van der Waals surface area contributed by atoms with Gasteiger partial charge < -0.3 is 10.1 Å². The number of benzene rings is 1. The SMILES string of the molecule is CCCCOc1ccc(C(=O)NC2C3CC4CC(C3)CC2C4)cc1. The predicted molar refractivity (Wildman–Crippen MR) is 95.1 cm³/mol. The third kappa shape index (κ3) is 3.18. The van der Waals surface area contributed by atoms with Gasteiger partial charge in [0, 0.05) is 11.6 Å². The summed E-state index contributed by atoms with van der Waals surface area (Å²) in [5, 5.41) is 3.37. The van der Waals surface area contributed by atoms with Crippen molar-refractivity contribution >= 4 is 5.91 Å². The van der Waals surface area contributed by atoms with Crippen molar-refractivity contribution in [1.29, 1.82) is 0 Å². The Kier molecular flexibility index (Phi) is 4.51. The van der Waals surface area contributed by atoms with Crippen LogP contribution in [0.2, 0.25) is 0 Å². The minimum absolute atomic E-state index is 0.0904. The maximum absolute atomic E-state index is 12.7. The van der Waals surface area contributed by atoms with Gasteiger partial charge in [-0.2, -0.15) is 0 Å². The van der Waals surface area contributed by atoms with Crippen LogP contribution in [-0.2, 0) is 0 Å². The zero-order valence-electron chi connectivity index (χ0n) is 14.7. The maximum atomic E-state index is 12.7. The van der Waals surface area contributed by atoms with E-state index < -0.39 is 0 Å². The minimum atomic E-state index is 0.0904. The van der Waals surface area contributed by atoms with Gasteiger partial charge in [-0.25, -0.2) is 0 Å². The lowest BCUT2D eigenvalue weighted by molar-refractivity contribution is -0.0119. The van der Waals surface area contributed by atoms with E-state index in [9.17, 15) is 4.79 Å². The van der Waals surface area contributed by atoms with Gasteiger partial charge in [0.15, 0.2) is 0 Å². The molecule has 0 aliphatic heterocycles. The third-order valence-electron chi connectivity index (χ3n) is 6.41. The van der Waals surface area contributed by atoms with Gasteiger partial charge >= 0.3 is 0 Å². The summed E-state index contributed by atoms with van der Waals surface area (Å²) < 4.78 is 5.68. The summed E-state index contributed by atoms with van der Waals surface area (Å²) in [4.78, 5) is 12.7. The smallest absolute Gasteiger partial charge is 0.251 e. The predicted octanol–water partition coefficient (Wildman–Crippen LogP) is 4.42. The van der Waals surface area contributed by atoms with Crippen LogP contribution in [0.25, 0.3) is 0 Å². The van der Waals surface area contributed by atoms with E-state index in [1.54, 1.807) is 0 Å². The van der Waals surface area contributed by atoms with Crippen LogP contribution in [0.15, 0.2) is 24.3 Å². The summed E-state index contributed by atoms with van der Waals surface area (Å²) >= 11 is 0. The quantitative estimate of drug-likeness (QED) is 0.786. The van der Waals surface area contributed by atoms with E-state index in [1.165, 1.54) is 32.1 Å². The molecule has 0 atom stereocenters. The van der Waals surface area contributed by atoms with Gasteiger partial charge in [0.25, 0.3) is 5.91 Å². The normalized spacial score (nSPS) is 33.5. The standard InChI is InChI=1S/C21H29NO2/c1-2-3-8-24-19-6-4-16(5-7-19)21(23)22-20-17-10-14-9-15(12-17)13-18(20)11-14/h4-7,14-15,17-18,20H,2-3,8-13H2,1H3,(H,22,23). The average molecular weight is 327 g/mol. The van der Waals surface area contributed by atoms with E-state index in [0.29, 0.717) is 6.04 Å². The molecule has 0 radical (unpaired) electrons. The Morgan fingerprint density at radius 2 is 1.67 bits per heavy atom. The summed E-state index contributed by atoms with van der Waals surface area (Å²) in [6.45, 7) is 2.90. The molecule has 4 aliphatic rings. The lowest BCUT2D eigenvalue weighted by Crippen LogP contribution is -2.55. The minimum Gasteiger partial charge on any atom is -0.494 e. The highest BCUT2D eigenvalue weighted by molar-refractivity contribution is 5.94. The second-order valence-corrected chi connectivity index (χ2v) is 8.16. The van der Waals surface area contributed by atoms with Crippen molar-refractivity contribution in [2.24, 2.45) is 23.7 Å². The number of nitrogens with one attached hydrogen (secondary N) is 1. The Morgan fingerprint density at radius 3 is 2.25 bits per heavy atom. The first-order chi connectivity index (χ1) is 11.7. The molecule has 1 aromatic carbocycles. The summed E-state index contributed by atoms with van der Waals surface area (Å²) in [5.74, 6) is 4.28. The first kappa shape index (κ1) is 16.0. The van der Waals surface area contributed by atoms with Crippen molar-refractivity contribution in [3.8, 4) is 5.75 Å². The largest absolute Gasteiger partial charge is 0.494 e. The Hall–Kier alpha value is -1.51. The van der Waals surface area contributed by atoms with Crippen molar-refractivity contribution in [3.63, 3.8) is 0 Å². The fourth-order valence-electron chi connectivity index (χ4n) is 5.43. The van der Waals surface area contributed by atoms with Gasteiger partial charge in [-0.15, -0.1) is 0 Å². The molecule has 4 aliphatic carbocycles. The molecule has 0 spiro atoms. The number of hydrogen-bond acceptors (Lipinski definition) is 2. The van der Waals surface area contributed by atoms with Gasteiger partial charge in [0.2, 0.25) is 0 Å². The van der Waals surface area contributed by atoms with E-state index in [4.69, 9.17) is 4.74 Å². The highest BCUT2D eigenvalue weighted by Crippen LogP contribution is 2.53. The number of amides is 1. The molecule has 4 fully saturated rings. The number of carbonyl (C=O) groups is 1. The molecule has 130 valence electrons. The Balaban J connectivity index is 1.36. The first-order valence-corrected chi connectivity index (χ1v) is 9.76. The fourth-order valence-corrected chi connectivity index (χ4v) is 5.43. The van der Waals surface area contributed by atoms with Crippen LogP contribution in [-0.4, -0.2) is 18.6 Å². The van der Waals surface area contributed by atoms with Crippen LogP contribution >= 0.6 is 0 Å². The highest BCUT2D eigenvalue weighted by Gasteiger charge is 2.48. The number of rotatable bonds is 6. The Morgan fingerprint density at radius 1 is 1.04 bits per heavy atom. The Labute approximate surface area is 145 Å². The number of carbonyl (C=O) groups excluding carboxylic acids is 1. The van der Waals surface area contributed by atoms with Crippen LogP contribution in [0.5, 0.6) is 5.75 Å². The summed E-state index contributed by atoms with van der Waals surface area (Å²) in [6.07, 6.45) is 8.99. The van der Waals surface area contributed by atoms with Gasteiger partial charge in [-0.3, -0.25) is 4.79 Å². The van der Waals surface area contributed by atoms with Crippen LogP contribution < -0.4 is 10.1 Å². The molecule has 5 rings (SSSR count). The maximum Gasteiger partial charge on any atom is 0.251 e. The third-order valence-corrected chi connectivity index (χ3v) is 6.41. The van der Waals surface area contributed by atoms with Crippen molar-refractivity contribution in [2.75, 3.05) is 6.61 Å². The summed E-state index contributed by atoms with van der Waals surface area (Å²) in [5.41, 5.74) is 0.756. The van der Waals surface area contributed by atoms with Gasteiger partial charge in [0.05, 0.1) is 6.61 Å². The van der Waals surface area contributed by atoms with Gasteiger partial charge in [-0.1, -0.05) is 13.3 Å². The molecule has 0 saturated heterocycles. The number of hydrogen-bond donors (Lipinski definition) is 1. The van der Waals surface area contributed by atoms with Crippen LogP contribution in [0.3, 0.4) is 0 Å². The molecule has 24 heavy (non-hydrogen) atoms. The molecular formula is C21H29NO2. The average Bonchev–Trinajstić information content (AvgIpc) is 2.58. The van der Waals surface area contributed by atoms with E-state index in [1.807, 2.05) is 24.3 Å². The van der Waals surface area contributed by atoms with E-state index in [2.05, 4.69) is 12.2 Å². The van der Waals surface area contributed by atoms with Crippen LogP contribution in [0, 0.1) is 23.7 Å². The van der Waals surface area contributed by atoms with E-state index >= 15 is 0 Å². The molecule has 1 N–H and O–H groups in total. The first-order valence-electron chi connectivity index (χ1n) is 9.76. The van der Waals surface area contributed by atoms with Crippen molar-refractivity contribution in [1.82, 2.24) is 5.32 Å².